The molecular weight excluding hydrogens is 364 g/mol. The summed E-state index contributed by atoms with van der Waals surface area (Å²) < 4.78 is 49.2. The van der Waals surface area contributed by atoms with E-state index in [4.69, 9.17) is 0 Å². The molecule has 1 aromatic heterocycles. The molecule has 0 saturated heterocycles. The van der Waals surface area contributed by atoms with Crippen molar-refractivity contribution in [2.75, 3.05) is 7.05 Å². The Bertz CT molecular complexity index is 966. The number of alkyl halides is 2. The van der Waals surface area contributed by atoms with E-state index >= 15 is 0 Å². The molecule has 0 aliphatic rings. The molecule has 0 aliphatic carbocycles. The minimum Gasteiger partial charge on any atom is -0.298 e. The molecule has 0 atom stereocenters. The fourth-order valence-corrected chi connectivity index (χ4v) is 4.38. The van der Waals surface area contributed by atoms with Crippen molar-refractivity contribution in [2.45, 2.75) is 23.7 Å². The van der Waals surface area contributed by atoms with Crippen LogP contribution in [0.15, 0.2) is 58.8 Å². The molecule has 0 saturated carbocycles. The molecule has 3 aromatic rings. The zero-order valence-electron chi connectivity index (χ0n) is 13.5. The average Bonchev–Trinajstić information content (AvgIpc) is 2.98. The van der Waals surface area contributed by atoms with Crippen LogP contribution in [-0.4, -0.2) is 26.1 Å². The van der Waals surface area contributed by atoms with Gasteiger partial charge in [-0.2, -0.15) is 8.78 Å². The van der Waals surface area contributed by atoms with Gasteiger partial charge in [0.2, 0.25) is 9.84 Å². The SMILES string of the molecule is CN(Cc1ccc(S(=O)(=O)C(F)F)cc1)Cc1csc2ccccc12. The lowest BCUT2D eigenvalue weighted by molar-refractivity contribution is 0.234. The van der Waals surface area contributed by atoms with Crippen molar-refractivity contribution >= 4 is 31.3 Å². The Balaban J connectivity index is 1.70. The Hall–Kier alpha value is -1.83. The van der Waals surface area contributed by atoms with Gasteiger partial charge in [0.25, 0.3) is 0 Å². The highest BCUT2D eigenvalue weighted by Crippen LogP contribution is 2.27. The number of benzene rings is 2. The topological polar surface area (TPSA) is 37.4 Å². The molecule has 0 N–H and O–H groups in total. The van der Waals surface area contributed by atoms with Crippen LogP contribution in [0.2, 0.25) is 0 Å². The van der Waals surface area contributed by atoms with E-state index in [0.717, 1.165) is 12.1 Å². The second kappa shape index (κ2) is 7.19. The van der Waals surface area contributed by atoms with Gasteiger partial charge >= 0.3 is 5.76 Å². The molecule has 25 heavy (non-hydrogen) atoms. The minimum atomic E-state index is -4.53. The fourth-order valence-electron chi connectivity index (χ4n) is 2.70. The Morgan fingerprint density at radius 1 is 1.04 bits per heavy atom. The standard InChI is InChI=1S/C18H17F2NO2S2/c1-21(11-14-12-24-17-5-3-2-4-16(14)17)10-13-6-8-15(9-7-13)25(22,23)18(19)20/h2-9,12,18H,10-11H2,1H3. The molecule has 7 heteroatoms. The zero-order chi connectivity index (χ0) is 18.0. The van der Waals surface area contributed by atoms with Crippen molar-refractivity contribution in [1.82, 2.24) is 4.90 Å². The van der Waals surface area contributed by atoms with Gasteiger partial charge in [-0.05, 0) is 47.1 Å². The highest BCUT2D eigenvalue weighted by Gasteiger charge is 2.26. The first-order valence-corrected chi connectivity index (χ1v) is 10.0. The maximum absolute atomic E-state index is 12.6. The van der Waals surface area contributed by atoms with Crippen molar-refractivity contribution in [1.29, 1.82) is 0 Å². The quantitative estimate of drug-likeness (QED) is 0.630. The van der Waals surface area contributed by atoms with Gasteiger partial charge in [-0.3, -0.25) is 4.90 Å². The maximum atomic E-state index is 12.6. The molecule has 132 valence electrons. The molecule has 1 heterocycles. The van der Waals surface area contributed by atoms with Crippen LogP contribution in [0.4, 0.5) is 8.78 Å². The molecule has 0 unspecified atom stereocenters. The summed E-state index contributed by atoms with van der Waals surface area (Å²) in [4.78, 5) is 1.75. The molecule has 0 fully saturated rings. The monoisotopic (exact) mass is 381 g/mol. The van der Waals surface area contributed by atoms with Crippen LogP contribution in [0.5, 0.6) is 0 Å². The predicted molar refractivity (Wildman–Crippen MR) is 96.6 cm³/mol. The Labute approximate surface area is 149 Å². The summed E-state index contributed by atoms with van der Waals surface area (Å²) >= 11 is 1.71. The lowest BCUT2D eigenvalue weighted by Crippen LogP contribution is -2.17. The van der Waals surface area contributed by atoms with Crippen molar-refractivity contribution in [3.8, 4) is 0 Å². The molecule has 0 radical (unpaired) electrons. The number of sulfone groups is 1. The first-order chi connectivity index (χ1) is 11.9. The van der Waals surface area contributed by atoms with Gasteiger partial charge in [0.15, 0.2) is 0 Å². The summed E-state index contributed by atoms with van der Waals surface area (Å²) in [5, 5.41) is 3.37. The number of rotatable bonds is 6. The van der Waals surface area contributed by atoms with Gasteiger partial charge in [-0.25, -0.2) is 8.42 Å². The number of hydrogen-bond acceptors (Lipinski definition) is 4. The summed E-state index contributed by atoms with van der Waals surface area (Å²) in [5.74, 6) is -3.40. The van der Waals surface area contributed by atoms with E-state index in [-0.39, 0.29) is 4.90 Å². The van der Waals surface area contributed by atoms with Crippen LogP contribution in [0.1, 0.15) is 11.1 Å². The van der Waals surface area contributed by atoms with Crippen LogP contribution in [-0.2, 0) is 22.9 Å². The average molecular weight is 381 g/mol. The third-order valence-electron chi connectivity index (χ3n) is 3.94. The zero-order valence-corrected chi connectivity index (χ0v) is 15.2. The van der Waals surface area contributed by atoms with Crippen LogP contribution in [0.3, 0.4) is 0 Å². The molecular formula is C18H17F2NO2S2. The predicted octanol–water partition coefficient (Wildman–Crippen LogP) is 4.53. The van der Waals surface area contributed by atoms with Crippen LogP contribution < -0.4 is 0 Å². The van der Waals surface area contributed by atoms with Crippen molar-refractivity contribution in [3.63, 3.8) is 0 Å². The molecule has 0 bridgehead atoms. The van der Waals surface area contributed by atoms with Gasteiger partial charge in [0, 0.05) is 17.8 Å². The Kier molecular flexibility index (Phi) is 5.17. The number of hydrogen-bond donors (Lipinski definition) is 0. The summed E-state index contributed by atoms with van der Waals surface area (Å²) in [7, 11) is -2.56. The van der Waals surface area contributed by atoms with Gasteiger partial charge < -0.3 is 0 Å². The van der Waals surface area contributed by atoms with Gasteiger partial charge in [0.05, 0.1) is 4.90 Å². The first kappa shape index (κ1) is 18.0. The third-order valence-corrected chi connectivity index (χ3v) is 6.35. The number of thiophene rings is 1. The van der Waals surface area contributed by atoms with Crippen LogP contribution >= 0.6 is 11.3 Å². The molecule has 3 nitrogen and oxygen atoms in total. The summed E-state index contributed by atoms with van der Waals surface area (Å²) in [6.07, 6.45) is 0. The molecule has 3 rings (SSSR count). The van der Waals surface area contributed by atoms with Crippen LogP contribution in [0.25, 0.3) is 10.1 Å². The second-order valence-electron chi connectivity index (χ2n) is 5.88. The number of nitrogens with zero attached hydrogens (tertiary/aromatic N) is 1. The summed E-state index contributed by atoms with van der Waals surface area (Å²) in [6.45, 7) is 1.35. The number of fused-ring (bicyclic) bond motifs is 1. The molecule has 0 aliphatic heterocycles. The molecule has 0 spiro atoms. The van der Waals surface area contributed by atoms with E-state index < -0.39 is 15.6 Å². The van der Waals surface area contributed by atoms with E-state index in [2.05, 4.69) is 22.4 Å². The Morgan fingerprint density at radius 3 is 2.40 bits per heavy atom. The normalized spacial score (nSPS) is 12.4. The number of halogens is 2. The van der Waals surface area contributed by atoms with Crippen LogP contribution in [0, 0.1) is 0 Å². The van der Waals surface area contributed by atoms with E-state index in [1.54, 1.807) is 23.5 Å². The third kappa shape index (κ3) is 3.89. The lowest BCUT2D eigenvalue weighted by Gasteiger charge is -2.16. The minimum absolute atomic E-state index is 0.349. The van der Waals surface area contributed by atoms with E-state index in [0.29, 0.717) is 6.54 Å². The second-order valence-corrected chi connectivity index (χ2v) is 8.71. The Morgan fingerprint density at radius 2 is 1.72 bits per heavy atom. The lowest BCUT2D eigenvalue weighted by atomic mass is 10.1. The fraction of sp³-hybridized carbons (Fsp3) is 0.222. The van der Waals surface area contributed by atoms with Gasteiger partial charge in [0.1, 0.15) is 0 Å². The van der Waals surface area contributed by atoms with E-state index in [1.165, 1.54) is 27.8 Å². The first-order valence-electron chi connectivity index (χ1n) is 7.62. The highest BCUT2D eigenvalue weighted by atomic mass is 32.2. The maximum Gasteiger partial charge on any atom is 0.341 e. The molecule has 0 amide bonds. The molecule has 2 aromatic carbocycles. The van der Waals surface area contributed by atoms with Gasteiger partial charge in [-0.1, -0.05) is 30.3 Å². The van der Waals surface area contributed by atoms with Crippen molar-refractivity contribution < 1.29 is 17.2 Å². The smallest absolute Gasteiger partial charge is 0.298 e. The summed E-state index contributed by atoms with van der Waals surface area (Å²) in [5.41, 5.74) is 2.11. The van der Waals surface area contributed by atoms with Gasteiger partial charge in [-0.15, -0.1) is 11.3 Å². The van der Waals surface area contributed by atoms with Crippen molar-refractivity contribution in [3.05, 3.63) is 65.0 Å². The largest absolute Gasteiger partial charge is 0.341 e. The highest BCUT2D eigenvalue weighted by molar-refractivity contribution is 7.91. The van der Waals surface area contributed by atoms with Crippen molar-refractivity contribution in [2.24, 2.45) is 0 Å². The van der Waals surface area contributed by atoms with E-state index in [9.17, 15) is 17.2 Å². The summed E-state index contributed by atoms with van der Waals surface area (Å²) in [6, 6.07) is 13.9. The van der Waals surface area contributed by atoms with E-state index in [1.807, 2.05) is 19.2 Å².